The first-order valence-electron chi connectivity index (χ1n) is 11.7. The molecule has 0 unspecified atom stereocenters. The fraction of sp³-hybridized carbons (Fsp3) is 0.517. The summed E-state index contributed by atoms with van der Waals surface area (Å²) in [4.78, 5) is 4.79. The van der Waals surface area contributed by atoms with E-state index in [4.69, 9.17) is 9.73 Å². The van der Waals surface area contributed by atoms with Crippen molar-refractivity contribution < 1.29 is 22.6 Å². The van der Waals surface area contributed by atoms with E-state index in [9.17, 15) is 0 Å². The summed E-state index contributed by atoms with van der Waals surface area (Å²) in [6.07, 6.45) is 3.33. The minimum atomic E-state index is 0. The van der Waals surface area contributed by atoms with Gasteiger partial charge in [0.25, 0.3) is 0 Å². The molecule has 0 amide bonds. The number of fused-ring (bicyclic) bond motifs is 1. The second-order valence-corrected chi connectivity index (χ2v) is 9.48. The second kappa shape index (κ2) is 14.3. The van der Waals surface area contributed by atoms with E-state index in [1.807, 2.05) is 30.3 Å². The van der Waals surface area contributed by atoms with Crippen molar-refractivity contribution in [1.82, 2.24) is 0 Å². The van der Waals surface area contributed by atoms with Gasteiger partial charge in [0.05, 0.1) is 12.8 Å². The van der Waals surface area contributed by atoms with Crippen LogP contribution >= 0.6 is 9.58 Å². The molecule has 2 aromatic rings. The van der Waals surface area contributed by atoms with Crippen LogP contribution in [-0.4, -0.2) is 12.8 Å². The van der Waals surface area contributed by atoms with Gasteiger partial charge >= 0.3 is 27.5 Å². The third-order valence-electron chi connectivity index (χ3n) is 7.80. The maximum absolute atomic E-state index is 5.17. The first kappa shape index (κ1) is 29.9. The van der Waals surface area contributed by atoms with Crippen molar-refractivity contribution in [2.45, 2.75) is 60.8 Å². The molecule has 0 atom stereocenters. The minimum absolute atomic E-state index is 0. The molecule has 0 heterocycles. The average Bonchev–Trinajstić information content (AvgIpc) is 2.99. The van der Waals surface area contributed by atoms with E-state index < -0.39 is 0 Å². The van der Waals surface area contributed by atoms with Crippen LogP contribution in [0.1, 0.15) is 64.2 Å². The molecule has 2 aromatic carbocycles. The van der Waals surface area contributed by atoms with Crippen LogP contribution in [0.15, 0.2) is 41.4 Å². The summed E-state index contributed by atoms with van der Waals surface area (Å²) < 4.78 is 5.17. The molecule has 33 heavy (non-hydrogen) atoms. The molecule has 0 spiro atoms. The number of methoxy groups -OCH3 is 1. The number of aliphatic imine (C=N–C) groups is 1. The standard InChI is InChI=1S/C18H18NO.C10H20.CH3.ClH.Ir/c1-13-6-11-17-14(12-13)4-3-5-18(17)19-15-7-9-16(20-2)10-8-15;1-6-7(2)9(4)10(5)8(6)3;;;/h6-10,12H,3-5H2,1-2H3;6-10H,1-5H3;1H3;1H;/q-1;;-1;;+3/p-1. The Hall–Kier alpha value is -1.15. The molecule has 1 fully saturated rings. The van der Waals surface area contributed by atoms with Crippen LogP contribution in [0.4, 0.5) is 5.69 Å². The van der Waals surface area contributed by atoms with Crippen LogP contribution in [0.2, 0.25) is 0 Å². The topological polar surface area (TPSA) is 21.6 Å². The third kappa shape index (κ3) is 7.67. The van der Waals surface area contributed by atoms with E-state index in [1.165, 1.54) is 41.0 Å². The zero-order chi connectivity index (χ0) is 23.8. The summed E-state index contributed by atoms with van der Waals surface area (Å²) in [7, 11) is 6.32. The van der Waals surface area contributed by atoms with Crippen LogP contribution < -0.4 is 4.74 Å². The van der Waals surface area contributed by atoms with Gasteiger partial charge in [0.1, 0.15) is 5.75 Å². The van der Waals surface area contributed by atoms with Gasteiger partial charge in [0.15, 0.2) is 0 Å². The van der Waals surface area contributed by atoms with Crippen molar-refractivity contribution >= 4 is 21.0 Å². The van der Waals surface area contributed by atoms with E-state index >= 15 is 0 Å². The van der Waals surface area contributed by atoms with Gasteiger partial charge in [0.2, 0.25) is 0 Å². The van der Waals surface area contributed by atoms with Crippen molar-refractivity contribution in [2.75, 3.05) is 7.11 Å². The van der Waals surface area contributed by atoms with Crippen molar-refractivity contribution in [3.63, 3.8) is 0 Å². The van der Waals surface area contributed by atoms with Gasteiger partial charge in [-0.25, -0.2) is 0 Å². The summed E-state index contributed by atoms with van der Waals surface area (Å²) in [5.74, 6) is 5.54. The summed E-state index contributed by atoms with van der Waals surface area (Å²) in [5.41, 5.74) is 5.97. The first-order chi connectivity index (χ1) is 15.3. The Kier molecular flexibility index (Phi) is 12.9. The van der Waals surface area contributed by atoms with Crippen LogP contribution in [0, 0.1) is 50.0 Å². The SMILES string of the molecule is CC1C(C)C(C)C(C)C1C.COc1ccc(N=C2CCCc3cc(C)c[c-]c32)cc1.[CH3-].[Cl][Ir+2]. The van der Waals surface area contributed by atoms with E-state index in [2.05, 4.69) is 63.3 Å². The Labute approximate surface area is 217 Å². The normalized spacial score (nSPS) is 26.7. The molecule has 2 aliphatic carbocycles. The summed E-state index contributed by atoms with van der Waals surface area (Å²) in [6.45, 7) is 14.1. The summed E-state index contributed by atoms with van der Waals surface area (Å²) in [5, 5.41) is 0. The van der Waals surface area contributed by atoms with E-state index in [-0.39, 0.29) is 7.43 Å². The Morgan fingerprint density at radius 1 is 0.909 bits per heavy atom. The van der Waals surface area contributed by atoms with Gasteiger partial charge in [-0.05, 0) is 66.0 Å². The molecule has 2 nitrogen and oxygen atoms in total. The van der Waals surface area contributed by atoms with Crippen molar-refractivity contribution in [2.24, 2.45) is 34.6 Å². The zero-order valence-electron chi connectivity index (χ0n) is 21.5. The Morgan fingerprint density at radius 2 is 1.42 bits per heavy atom. The van der Waals surface area contributed by atoms with Crippen molar-refractivity contribution in [3.8, 4) is 5.75 Å². The fourth-order valence-electron chi connectivity index (χ4n) is 5.02. The fourth-order valence-corrected chi connectivity index (χ4v) is 5.02. The molecule has 1 saturated carbocycles. The Balaban J connectivity index is 0.000000356. The molecule has 4 rings (SSSR count). The quantitative estimate of drug-likeness (QED) is 0.300. The van der Waals surface area contributed by atoms with Gasteiger partial charge in [-0.1, -0.05) is 54.4 Å². The molecule has 2 aliphatic rings. The molecule has 184 valence electrons. The predicted octanol–water partition coefficient (Wildman–Crippen LogP) is 8.58. The predicted molar refractivity (Wildman–Crippen MR) is 140 cm³/mol. The first-order valence-corrected chi connectivity index (χ1v) is 14.6. The molecule has 0 N–H and O–H groups in total. The number of hydrogen-bond acceptors (Lipinski definition) is 2. The van der Waals surface area contributed by atoms with Crippen LogP contribution in [0.25, 0.3) is 0 Å². The monoisotopic (exact) mass is 647 g/mol. The number of ether oxygens (including phenoxy) is 1. The van der Waals surface area contributed by atoms with Crippen LogP contribution in [0.5, 0.6) is 5.75 Å². The van der Waals surface area contributed by atoms with E-state index in [0.29, 0.717) is 0 Å². The van der Waals surface area contributed by atoms with Gasteiger partial charge < -0.3 is 17.2 Å². The Bertz CT molecular complexity index is 835. The number of aryl methyl sites for hydroxylation is 2. The van der Waals surface area contributed by atoms with Crippen molar-refractivity contribution in [3.05, 3.63) is 66.6 Å². The van der Waals surface area contributed by atoms with Gasteiger partial charge in [-0.2, -0.15) is 0 Å². The van der Waals surface area contributed by atoms with Crippen LogP contribution in [-0.2, 0) is 24.3 Å². The average molecular weight is 647 g/mol. The molecule has 0 aromatic heterocycles. The molecule has 0 bridgehead atoms. The molecular formula is C29H41ClIrNO. The number of hydrogen-bond donors (Lipinski definition) is 0. The molecule has 0 radical (unpaired) electrons. The van der Waals surface area contributed by atoms with Gasteiger partial charge in [0, 0.05) is 0 Å². The van der Waals surface area contributed by atoms with E-state index in [0.717, 1.165) is 59.6 Å². The zero-order valence-corrected chi connectivity index (χ0v) is 24.7. The molecular weight excluding hydrogens is 606 g/mol. The summed E-state index contributed by atoms with van der Waals surface area (Å²) in [6, 6.07) is 15.6. The van der Waals surface area contributed by atoms with Crippen molar-refractivity contribution in [1.29, 1.82) is 0 Å². The Morgan fingerprint density at radius 3 is 1.91 bits per heavy atom. The molecule has 4 heteroatoms. The number of halogens is 1. The second-order valence-electron chi connectivity index (χ2n) is 9.48. The number of rotatable bonds is 2. The van der Waals surface area contributed by atoms with E-state index in [1.54, 1.807) is 7.11 Å². The van der Waals surface area contributed by atoms with Crippen LogP contribution in [0.3, 0.4) is 0 Å². The third-order valence-corrected chi connectivity index (χ3v) is 7.80. The number of benzene rings is 2. The van der Waals surface area contributed by atoms with Gasteiger partial charge in [-0.3, -0.25) is 0 Å². The number of nitrogens with zero attached hydrogens (tertiary/aromatic N) is 1. The maximum atomic E-state index is 5.17. The van der Waals surface area contributed by atoms with Gasteiger partial charge in [-0.15, -0.1) is 34.9 Å². The molecule has 0 saturated heterocycles. The summed E-state index contributed by atoms with van der Waals surface area (Å²) >= 11 is 1.47. The molecule has 0 aliphatic heterocycles.